The van der Waals surface area contributed by atoms with Crippen LogP contribution in [0.3, 0.4) is 0 Å². The van der Waals surface area contributed by atoms with Crippen molar-refractivity contribution in [3.63, 3.8) is 0 Å². The number of alkyl halides is 1. The molecule has 6 nitrogen and oxygen atoms in total. The predicted molar refractivity (Wildman–Crippen MR) is 100 cm³/mol. The predicted octanol–water partition coefficient (Wildman–Crippen LogP) is 3.66. The van der Waals surface area contributed by atoms with Crippen molar-refractivity contribution in [2.24, 2.45) is 0 Å². The second-order valence-electron chi connectivity index (χ2n) is 5.54. The number of carbonyl (C=O) groups is 1. The van der Waals surface area contributed by atoms with Crippen LogP contribution < -0.4 is 10.6 Å². The monoisotopic (exact) mass is 373 g/mol. The molecule has 0 atom stereocenters. The summed E-state index contributed by atoms with van der Waals surface area (Å²) in [5, 5.41) is 5.96. The molecule has 2 aromatic heterocycles. The highest BCUT2D eigenvalue weighted by atomic mass is 35.5. The van der Waals surface area contributed by atoms with Gasteiger partial charge < -0.3 is 15.6 Å². The summed E-state index contributed by atoms with van der Waals surface area (Å²) in [5.41, 5.74) is 3.19. The maximum atomic E-state index is 13.1. The average Bonchev–Trinajstić information content (AvgIpc) is 3.13. The zero-order chi connectivity index (χ0) is 18.7. The number of amides is 1. The minimum absolute atomic E-state index is 0.309. The summed E-state index contributed by atoms with van der Waals surface area (Å²) in [6.07, 6.45) is 1.43. The van der Waals surface area contributed by atoms with Gasteiger partial charge in [0.15, 0.2) is 0 Å². The summed E-state index contributed by atoms with van der Waals surface area (Å²) in [5.74, 6) is 0.334. The van der Waals surface area contributed by atoms with Crippen LogP contribution in [0.25, 0.3) is 22.5 Å². The maximum absolute atomic E-state index is 13.1. The first-order chi connectivity index (χ1) is 12.6. The highest BCUT2D eigenvalue weighted by Gasteiger charge is 2.19. The molecule has 1 amide bonds. The normalized spacial score (nSPS) is 10.6. The van der Waals surface area contributed by atoms with Crippen molar-refractivity contribution in [2.75, 3.05) is 19.4 Å². The Morgan fingerprint density at radius 3 is 2.69 bits per heavy atom. The lowest BCUT2D eigenvalue weighted by molar-refractivity contribution is 0.0959. The van der Waals surface area contributed by atoms with E-state index in [9.17, 15) is 9.18 Å². The van der Waals surface area contributed by atoms with Crippen LogP contribution in [-0.4, -0.2) is 35.0 Å². The number of rotatable bonds is 5. The number of carbonyl (C=O) groups excluding carboxylic acids is 1. The van der Waals surface area contributed by atoms with E-state index in [4.69, 9.17) is 11.6 Å². The van der Waals surface area contributed by atoms with Gasteiger partial charge in [-0.3, -0.25) is 4.79 Å². The lowest BCUT2D eigenvalue weighted by atomic mass is 10.0. The zero-order valence-electron chi connectivity index (χ0n) is 14.2. The Morgan fingerprint density at radius 2 is 2.00 bits per heavy atom. The number of hydrogen-bond donors (Lipinski definition) is 3. The molecule has 3 aromatic rings. The molecule has 8 heteroatoms. The van der Waals surface area contributed by atoms with Crippen LogP contribution in [0, 0.1) is 0 Å². The molecule has 0 fully saturated rings. The number of aromatic nitrogens is 3. The Kier molecular flexibility index (Phi) is 5.18. The third-order valence-electron chi connectivity index (χ3n) is 3.95. The van der Waals surface area contributed by atoms with Crippen molar-refractivity contribution in [3.8, 4) is 22.5 Å². The van der Waals surface area contributed by atoms with Gasteiger partial charge in [0.2, 0.25) is 0 Å². The molecule has 0 aliphatic rings. The molecule has 2 heterocycles. The number of H-pyrrole nitrogens is 1. The molecule has 0 saturated carbocycles. The Morgan fingerprint density at radius 1 is 1.19 bits per heavy atom. The molecule has 26 heavy (non-hydrogen) atoms. The second-order valence-corrected chi connectivity index (χ2v) is 5.94. The smallest absolute Gasteiger partial charge is 0.268 e. The van der Waals surface area contributed by atoms with Gasteiger partial charge in [-0.1, -0.05) is 17.7 Å². The van der Waals surface area contributed by atoms with E-state index in [2.05, 4.69) is 25.6 Å². The summed E-state index contributed by atoms with van der Waals surface area (Å²) in [6.45, 7) is -0.617. The number of aromatic amines is 1. The minimum Gasteiger partial charge on any atom is -0.373 e. The Labute approximate surface area is 154 Å². The molecule has 134 valence electrons. The first-order valence-corrected chi connectivity index (χ1v) is 8.25. The van der Waals surface area contributed by atoms with Crippen molar-refractivity contribution < 1.29 is 9.18 Å². The summed E-state index contributed by atoms with van der Waals surface area (Å²) in [7, 11) is 3.29. The average molecular weight is 374 g/mol. The van der Waals surface area contributed by atoms with Crippen molar-refractivity contribution in [2.45, 2.75) is 6.67 Å². The van der Waals surface area contributed by atoms with Gasteiger partial charge in [-0.25, -0.2) is 14.4 Å². The van der Waals surface area contributed by atoms with E-state index in [0.29, 0.717) is 44.6 Å². The van der Waals surface area contributed by atoms with Crippen LogP contribution in [0.5, 0.6) is 0 Å². The Bertz CT molecular complexity index is 957. The van der Waals surface area contributed by atoms with Crippen LogP contribution in [0.2, 0.25) is 5.02 Å². The summed E-state index contributed by atoms with van der Waals surface area (Å²) in [4.78, 5) is 23.7. The van der Waals surface area contributed by atoms with Gasteiger partial charge in [-0.05, 0) is 23.8 Å². The van der Waals surface area contributed by atoms with Crippen LogP contribution in [0.4, 0.5) is 10.2 Å². The van der Waals surface area contributed by atoms with Gasteiger partial charge in [0.05, 0.1) is 11.4 Å². The quantitative estimate of drug-likeness (QED) is 0.637. The highest BCUT2D eigenvalue weighted by molar-refractivity contribution is 6.33. The lowest BCUT2D eigenvalue weighted by Crippen LogP contribution is -2.19. The number of halogens is 2. The topological polar surface area (TPSA) is 82.7 Å². The van der Waals surface area contributed by atoms with Crippen molar-refractivity contribution in [1.82, 2.24) is 20.3 Å². The van der Waals surface area contributed by atoms with Gasteiger partial charge in [-0.15, -0.1) is 0 Å². The van der Waals surface area contributed by atoms with E-state index < -0.39 is 6.67 Å². The largest absolute Gasteiger partial charge is 0.373 e. The molecular weight excluding hydrogens is 357 g/mol. The molecule has 0 spiro atoms. The van der Waals surface area contributed by atoms with E-state index >= 15 is 0 Å². The van der Waals surface area contributed by atoms with Crippen molar-refractivity contribution in [1.29, 1.82) is 0 Å². The first-order valence-electron chi connectivity index (χ1n) is 7.87. The molecule has 3 rings (SSSR count). The van der Waals surface area contributed by atoms with E-state index in [1.54, 1.807) is 37.4 Å². The highest BCUT2D eigenvalue weighted by Crippen LogP contribution is 2.35. The number of hydrogen-bond acceptors (Lipinski definition) is 4. The van der Waals surface area contributed by atoms with Gasteiger partial charge in [0, 0.05) is 36.3 Å². The van der Waals surface area contributed by atoms with Crippen LogP contribution >= 0.6 is 11.6 Å². The zero-order valence-corrected chi connectivity index (χ0v) is 15.0. The Hall–Kier alpha value is -2.93. The van der Waals surface area contributed by atoms with Crippen molar-refractivity contribution in [3.05, 3.63) is 52.9 Å². The van der Waals surface area contributed by atoms with Crippen molar-refractivity contribution >= 4 is 23.3 Å². The summed E-state index contributed by atoms with van der Waals surface area (Å²) in [6, 6.07) is 8.40. The van der Waals surface area contributed by atoms with E-state index in [-0.39, 0.29) is 5.91 Å². The number of nitrogens with zero attached hydrogens (tertiary/aromatic N) is 2. The SMILES string of the molecule is CNC(=O)c1[nH]c(-c2cc(NC)ncn2)cc1-c1cc(CF)ccc1Cl. The second kappa shape index (κ2) is 7.53. The number of nitrogens with one attached hydrogen (secondary N) is 3. The fourth-order valence-electron chi connectivity index (χ4n) is 2.61. The molecular formula is C18H17ClFN5O. The van der Waals surface area contributed by atoms with E-state index in [0.717, 1.165) is 0 Å². The van der Waals surface area contributed by atoms with E-state index in [1.807, 2.05) is 0 Å². The Balaban J connectivity index is 2.18. The standard InChI is InChI=1S/C18H17ClFN5O/c1-21-16-7-14(23-9-24-16)15-6-12(17(25-15)18(26)22-2)11-5-10(8-20)3-4-13(11)19/h3-7,9,25H,8H2,1-2H3,(H,22,26)(H,21,23,24). The van der Waals surface area contributed by atoms with Gasteiger partial charge >= 0.3 is 0 Å². The summed E-state index contributed by atoms with van der Waals surface area (Å²) < 4.78 is 13.1. The molecule has 0 bridgehead atoms. The molecule has 3 N–H and O–H groups in total. The minimum atomic E-state index is -0.617. The number of benzene rings is 1. The van der Waals surface area contributed by atoms with E-state index in [1.165, 1.54) is 13.4 Å². The number of anilines is 1. The van der Waals surface area contributed by atoms with Crippen LogP contribution in [-0.2, 0) is 6.67 Å². The molecule has 0 aliphatic carbocycles. The maximum Gasteiger partial charge on any atom is 0.268 e. The molecule has 0 aliphatic heterocycles. The molecule has 1 aromatic carbocycles. The third-order valence-corrected chi connectivity index (χ3v) is 4.28. The molecule has 0 radical (unpaired) electrons. The van der Waals surface area contributed by atoms with Crippen LogP contribution in [0.15, 0.2) is 36.7 Å². The molecule has 0 unspecified atom stereocenters. The lowest BCUT2D eigenvalue weighted by Gasteiger charge is -2.07. The molecule has 0 saturated heterocycles. The van der Waals surface area contributed by atoms with Gasteiger partial charge in [0.1, 0.15) is 24.5 Å². The third kappa shape index (κ3) is 3.39. The van der Waals surface area contributed by atoms with Gasteiger partial charge in [-0.2, -0.15) is 0 Å². The summed E-state index contributed by atoms with van der Waals surface area (Å²) >= 11 is 6.31. The fraction of sp³-hybridized carbons (Fsp3) is 0.167. The fourth-order valence-corrected chi connectivity index (χ4v) is 2.83. The first kappa shape index (κ1) is 17.9. The van der Waals surface area contributed by atoms with Crippen LogP contribution in [0.1, 0.15) is 16.1 Å². The van der Waals surface area contributed by atoms with Gasteiger partial charge in [0.25, 0.3) is 5.91 Å².